The Morgan fingerprint density at radius 2 is 0.493 bits per heavy atom. The fraction of sp³-hybridized carbons (Fsp3) is 0.586. The van der Waals surface area contributed by atoms with Crippen LogP contribution in [0, 0.1) is 0 Å². The summed E-state index contributed by atoms with van der Waals surface area (Å²) in [6.07, 6.45) is 1.23. The van der Waals surface area contributed by atoms with Gasteiger partial charge in [0.2, 0.25) is 0 Å². The van der Waals surface area contributed by atoms with E-state index in [9.17, 15) is 0 Å². The van der Waals surface area contributed by atoms with Gasteiger partial charge in [0, 0.05) is 22.3 Å². The number of benzene rings is 4. The van der Waals surface area contributed by atoms with Crippen molar-refractivity contribution < 1.29 is 34.4 Å². The fourth-order valence-electron chi connectivity index (χ4n) is 9.65. The first kappa shape index (κ1) is 55.3. The molecule has 0 unspecified atom stereocenters. The molecule has 0 aliphatic carbocycles. The third-order valence-corrected chi connectivity index (χ3v) is 17.7. The second-order valence-electron chi connectivity index (χ2n) is 27.9. The average molecular weight is 998 g/mol. The van der Waals surface area contributed by atoms with Crippen molar-refractivity contribution >= 4 is 31.5 Å². The number of hydrogen-bond donors (Lipinski definition) is 0. The smallest absolute Gasteiger partial charge is 0.396 e. The van der Waals surface area contributed by atoms with Crippen LogP contribution in [0.5, 0.6) is 23.0 Å². The van der Waals surface area contributed by atoms with Crippen LogP contribution in [-0.2, 0) is 72.4 Å². The zero-order valence-electron chi connectivity index (χ0n) is 46.8. The molecule has 377 valence electrons. The largest absolute Gasteiger partial charge is 0.689 e. The van der Waals surface area contributed by atoms with Crippen LogP contribution in [0.25, 0.3) is 0 Å². The monoisotopic (exact) mass is 998 g/mol. The molecule has 0 saturated carbocycles. The Morgan fingerprint density at radius 3 is 0.652 bits per heavy atom. The summed E-state index contributed by atoms with van der Waals surface area (Å²) < 4.78 is 71.1. The Kier molecular flexibility index (Phi) is 14.3. The maximum Gasteiger partial charge on any atom is 0.689 e. The molecule has 2 aliphatic rings. The second kappa shape index (κ2) is 17.9. The van der Waals surface area contributed by atoms with E-state index in [0.29, 0.717) is 35.8 Å². The minimum atomic E-state index is -4.65. The van der Waals surface area contributed by atoms with Gasteiger partial charge in [0.15, 0.2) is 0 Å². The molecule has 0 amide bonds. The van der Waals surface area contributed by atoms with Gasteiger partial charge >= 0.3 is 31.5 Å². The number of phosphoric ester groups is 2. The van der Waals surface area contributed by atoms with Gasteiger partial charge in [-0.25, -0.2) is 9.13 Å². The Bertz CT molecular complexity index is 2370. The first-order valence-corrected chi connectivity index (χ1v) is 28.6. The predicted octanol–water partition coefficient (Wildman–Crippen LogP) is 17.3. The molecule has 4 aromatic rings. The van der Waals surface area contributed by atoms with Crippen molar-refractivity contribution in [2.24, 2.45) is 0 Å². The van der Waals surface area contributed by atoms with Crippen molar-refractivity contribution in [1.29, 1.82) is 0 Å². The van der Waals surface area contributed by atoms with Gasteiger partial charge in [0.25, 0.3) is 0 Å². The molecule has 0 aromatic heterocycles. The molecule has 2 aliphatic heterocycles. The number of phosphoric acid groups is 2. The summed E-state index contributed by atoms with van der Waals surface area (Å²) in [6.45, 7) is 52.0. The van der Waals surface area contributed by atoms with Crippen molar-refractivity contribution in [3.05, 3.63) is 115 Å². The van der Waals surface area contributed by atoms with Gasteiger partial charge in [0.1, 0.15) is 23.0 Å². The van der Waals surface area contributed by atoms with E-state index >= 15 is 9.13 Å². The molecule has 11 heteroatoms. The summed E-state index contributed by atoms with van der Waals surface area (Å²) in [5.74, 6) is 1.59. The molecule has 8 bridgehead atoms. The quantitative estimate of drug-likeness (QED) is 0.148. The highest BCUT2D eigenvalue weighted by Crippen LogP contribution is 2.59. The first-order chi connectivity index (χ1) is 30.9. The Balaban J connectivity index is 1.56. The highest BCUT2D eigenvalue weighted by molar-refractivity contribution is 7.52. The van der Waals surface area contributed by atoms with Crippen molar-refractivity contribution in [3.63, 3.8) is 0 Å². The molecule has 0 fully saturated rings. The SMILES string of the molecule is CC(C)(C)c1cc(C(C)(C)C)c2cc1Cc1cc(c(C(C)(C)C)cc1C(C)(C)C)OP(=O)([O][Al][O]P1(=O)Oc3cc(c(C(C)(C)C)cc3C(C)(C)C)Cc3cc(c(C(C)(C)C)cc3C(C)(C)C)O1)O2. The molecule has 4 aromatic carbocycles. The molecule has 0 saturated heterocycles. The highest BCUT2D eigenvalue weighted by atomic mass is 31.2. The van der Waals surface area contributed by atoms with Gasteiger partial charge in [-0.15, -0.1) is 0 Å². The van der Waals surface area contributed by atoms with Crippen molar-refractivity contribution in [2.75, 3.05) is 0 Å². The standard InChI is InChI=1S/2C29H43O4P.Al/c2*1-26(2,3)20-16-22(28(7,8)9)24-14-18(20)13-19-15-25(33-34(30,31)32-24)23(29(10,11)12)17-21(19)27(4,5)6;/h2*14-17H,13H2,1-12H3,(H,30,31);/q;;+2/p-2. The van der Waals surface area contributed by atoms with Gasteiger partial charge in [0.05, 0.1) is 0 Å². The van der Waals surface area contributed by atoms with Crippen LogP contribution in [0.4, 0.5) is 0 Å². The minimum absolute atomic E-state index is 0.217. The summed E-state index contributed by atoms with van der Waals surface area (Å²) in [5.41, 5.74) is 9.84. The molecular weight excluding hydrogens is 914 g/mol. The highest BCUT2D eigenvalue weighted by Gasteiger charge is 2.43. The summed E-state index contributed by atoms with van der Waals surface area (Å²) in [6, 6.07) is 16.8. The zero-order chi connectivity index (χ0) is 52.3. The Morgan fingerprint density at radius 1 is 0.319 bits per heavy atom. The van der Waals surface area contributed by atoms with E-state index in [-0.39, 0.29) is 21.7 Å². The summed E-state index contributed by atoms with van der Waals surface area (Å²) in [4.78, 5) is 0. The normalized spacial score (nSPS) is 16.6. The van der Waals surface area contributed by atoms with Crippen molar-refractivity contribution in [1.82, 2.24) is 0 Å². The molecule has 0 N–H and O–H groups in total. The molecule has 0 atom stereocenters. The molecule has 1 radical (unpaired) electrons. The van der Waals surface area contributed by atoms with Crippen LogP contribution in [0.2, 0.25) is 0 Å². The molecule has 2 heterocycles. The van der Waals surface area contributed by atoms with Crippen LogP contribution < -0.4 is 18.1 Å². The lowest BCUT2D eigenvalue weighted by atomic mass is 9.74. The number of fused-ring (bicyclic) bond motifs is 8. The van der Waals surface area contributed by atoms with E-state index in [0.717, 1.165) is 44.5 Å². The number of hydrogen-bond acceptors (Lipinski definition) is 8. The zero-order valence-corrected chi connectivity index (χ0v) is 49.7. The Labute approximate surface area is 424 Å². The lowest BCUT2D eigenvalue weighted by molar-refractivity contribution is 0.260. The van der Waals surface area contributed by atoms with Gasteiger partial charge in [-0.3, -0.25) is 0 Å². The first-order valence-electron chi connectivity index (χ1n) is 24.8. The topological polar surface area (TPSA) is 89.5 Å². The second-order valence-corrected chi connectivity index (χ2v) is 32.3. The number of rotatable bonds is 4. The summed E-state index contributed by atoms with van der Waals surface area (Å²) in [7, 11) is -9.31. The Hall–Kier alpha value is -3.01. The molecular formula is C58H84AlO8P2. The lowest BCUT2D eigenvalue weighted by Crippen LogP contribution is -2.24. The minimum Gasteiger partial charge on any atom is -0.396 e. The fourth-order valence-corrected chi connectivity index (χ4v) is 13.3. The van der Waals surface area contributed by atoms with Gasteiger partial charge in [-0.2, -0.15) is 0 Å². The molecule has 0 spiro atoms. The predicted molar refractivity (Wildman–Crippen MR) is 287 cm³/mol. The van der Waals surface area contributed by atoms with E-state index in [1.54, 1.807) is 0 Å². The van der Waals surface area contributed by atoms with Gasteiger partial charge < -0.3 is 25.2 Å². The van der Waals surface area contributed by atoms with Crippen LogP contribution in [0.1, 0.15) is 233 Å². The van der Waals surface area contributed by atoms with Gasteiger partial charge in [-0.1, -0.05) is 190 Å². The maximum absolute atomic E-state index is 15.8. The third-order valence-electron chi connectivity index (χ3n) is 13.2. The molecule has 6 rings (SSSR count). The van der Waals surface area contributed by atoms with E-state index in [4.69, 9.17) is 25.2 Å². The average Bonchev–Trinajstić information content (AvgIpc) is 3.10. The molecule has 8 nitrogen and oxygen atoms in total. The van der Waals surface area contributed by atoms with E-state index in [1.807, 2.05) is 24.3 Å². The van der Waals surface area contributed by atoms with Crippen LogP contribution in [-0.4, -0.2) is 15.9 Å². The van der Waals surface area contributed by atoms with E-state index in [2.05, 4.69) is 190 Å². The van der Waals surface area contributed by atoms with E-state index < -0.39 is 53.2 Å². The van der Waals surface area contributed by atoms with Gasteiger partial charge in [-0.05, 0) is 125 Å². The third kappa shape index (κ3) is 12.3. The summed E-state index contributed by atoms with van der Waals surface area (Å²) >= 11 is -1.88. The van der Waals surface area contributed by atoms with E-state index in [1.165, 1.54) is 22.3 Å². The molecule has 69 heavy (non-hydrogen) atoms. The maximum atomic E-state index is 15.8. The van der Waals surface area contributed by atoms with Crippen molar-refractivity contribution in [3.8, 4) is 23.0 Å². The van der Waals surface area contributed by atoms with Crippen LogP contribution in [0.3, 0.4) is 0 Å². The van der Waals surface area contributed by atoms with Crippen LogP contribution >= 0.6 is 15.6 Å². The van der Waals surface area contributed by atoms with Crippen molar-refractivity contribution in [2.45, 2.75) is 222 Å². The summed E-state index contributed by atoms with van der Waals surface area (Å²) in [5, 5.41) is 0. The lowest BCUT2D eigenvalue weighted by Gasteiger charge is -2.35. The van der Waals surface area contributed by atoms with Crippen LogP contribution in [0.15, 0.2) is 48.5 Å².